The quantitative estimate of drug-likeness (QED) is 0.673. The highest BCUT2D eigenvalue weighted by Gasteiger charge is 2.19. The van der Waals surface area contributed by atoms with E-state index in [1.165, 1.54) is 4.90 Å². The fourth-order valence-corrected chi connectivity index (χ4v) is 0.732. The summed E-state index contributed by atoms with van der Waals surface area (Å²) in [4.78, 5) is 13.0. The van der Waals surface area contributed by atoms with Crippen molar-refractivity contribution in [2.45, 2.75) is 39.3 Å². The summed E-state index contributed by atoms with van der Waals surface area (Å²) in [7, 11) is 1.67. The van der Waals surface area contributed by atoms with Crippen LogP contribution in [0.5, 0.6) is 0 Å². The number of aliphatic hydroxyl groups is 1. The van der Waals surface area contributed by atoms with Crippen molar-refractivity contribution in [3.05, 3.63) is 0 Å². The maximum Gasteiger partial charge on any atom is 0.317 e. The topological polar surface area (TPSA) is 52.6 Å². The molecule has 0 saturated heterocycles. The van der Waals surface area contributed by atoms with E-state index in [0.29, 0.717) is 0 Å². The first-order chi connectivity index (χ1) is 5.78. The number of hydrogen-bond acceptors (Lipinski definition) is 2. The summed E-state index contributed by atoms with van der Waals surface area (Å²) in [5.74, 6) is 0. The fourth-order valence-electron chi connectivity index (χ4n) is 0.732. The molecule has 0 heterocycles. The molecule has 0 aromatic carbocycles. The van der Waals surface area contributed by atoms with Gasteiger partial charge in [-0.05, 0) is 27.7 Å². The molecule has 78 valence electrons. The van der Waals surface area contributed by atoms with Gasteiger partial charge in [-0.3, -0.25) is 0 Å². The van der Waals surface area contributed by atoms with E-state index >= 15 is 0 Å². The van der Waals surface area contributed by atoms with Gasteiger partial charge in [0.05, 0.1) is 12.6 Å². The van der Waals surface area contributed by atoms with Crippen LogP contribution >= 0.6 is 0 Å². The van der Waals surface area contributed by atoms with Crippen LogP contribution in [0.15, 0.2) is 0 Å². The van der Waals surface area contributed by atoms with Crippen LogP contribution in [-0.4, -0.2) is 41.3 Å². The number of rotatable bonds is 2. The average molecular weight is 188 g/mol. The van der Waals surface area contributed by atoms with Gasteiger partial charge in [0.15, 0.2) is 0 Å². The molecule has 0 spiro atoms. The number of carbonyl (C=O) groups is 1. The Kier molecular flexibility index (Phi) is 4.20. The van der Waals surface area contributed by atoms with E-state index in [-0.39, 0.29) is 24.2 Å². The van der Waals surface area contributed by atoms with Crippen molar-refractivity contribution in [1.29, 1.82) is 0 Å². The molecule has 1 unspecified atom stereocenters. The highest BCUT2D eigenvalue weighted by molar-refractivity contribution is 5.74. The summed E-state index contributed by atoms with van der Waals surface area (Å²) < 4.78 is 0. The molecule has 0 fully saturated rings. The van der Waals surface area contributed by atoms with E-state index in [1.54, 1.807) is 14.0 Å². The summed E-state index contributed by atoms with van der Waals surface area (Å²) in [6.07, 6.45) is 0. The molecule has 13 heavy (non-hydrogen) atoms. The Morgan fingerprint density at radius 1 is 1.54 bits per heavy atom. The SMILES string of the molecule is CC(CO)N(C)C(=O)NC(C)(C)C. The van der Waals surface area contributed by atoms with Crippen molar-refractivity contribution in [2.24, 2.45) is 0 Å². The minimum absolute atomic E-state index is 0.0198. The molecule has 0 aliphatic heterocycles. The maximum atomic E-state index is 11.5. The van der Waals surface area contributed by atoms with Gasteiger partial charge < -0.3 is 15.3 Å². The Hall–Kier alpha value is -0.770. The molecular weight excluding hydrogens is 168 g/mol. The lowest BCUT2D eigenvalue weighted by molar-refractivity contribution is 0.151. The van der Waals surface area contributed by atoms with Crippen LogP contribution in [-0.2, 0) is 0 Å². The standard InChI is InChI=1S/C9H20N2O2/c1-7(6-12)11(5)8(13)10-9(2,3)4/h7,12H,6H2,1-5H3,(H,10,13). The van der Waals surface area contributed by atoms with Crippen LogP contribution < -0.4 is 5.32 Å². The number of carbonyl (C=O) groups excluding carboxylic acids is 1. The van der Waals surface area contributed by atoms with E-state index in [9.17, 15) is 4.79 Å². The number of likely N-dealkylation sites (N-methyl/N-ethyl adjacent to an activating group) is 1. The van der Waals surface area contributed by atoms with E-state index in [4.69, 9.17) is 5.11 Å². The summed E-state index contributed by atoms with van der Waals surface area (Å²) in [6, 6.07) is -0.309. The lowest BCUT2D eigenvalue weighted by atomic mass is 10.1. The predicted octanol–water partition coefficient (Wildman–Crippen LogP) is 0.807. The molecule has 0 radical (unpaired) electrons. The van der Waals surface area contributed by atoms with Crippen LogP contribution in [0.3, 0.4) is 0 Å². The molecule has 0 saturated carbocycles. The highest BCUT2D eigenvalue weighted by Crippen LogP contribution is 2.02. The number of amides is 2. The second kappa shape index (κ2) is 4.46. The number of urea groups is 1. The second-order valence-corrected chi connectivity index (χ2v) is 4.32. The molecule has 2 amide bonds. The van der Waals surface area contributed by atoms with Crippen LogP contribution in [0.2, 0.25) is 0 Å². The van der Waals surface area contributed by atoms with Crippen molar-refractivity contribution in [1.82, 2.24) is 10.2 Å². The molecule has 4 heteroatoms. The van der Waals surface area contributed by atoms with Crippen molar-refractivity contribution in [2.75, 3.05) is 13.7 Å². The van der Waals surface area contributed by atoms with Gasteiger partial charge in [-0.1, -0.05) is 0 Å². The van der Waals surface area contributed by atoms with Gasteiger partial charge in [0.2, 0.25) is 0 Å². The second-order valence-electron chi connectivity index (χ2n) is 4.32. The summed E-state index contributed by atoms with van der Waals surface area (Å²) in [5.41, 5.74) is -0.236. The van der Waals surface area contributed by atoms with E-state index in [0.717, 1.165) is 0 Å². The number of nitrogens with zero attached hydrogens (tertiary/aromatic N) is 1. The van der Waals surface area contributed by atoms with E-state index in [2.05, 4.69) is 5.32 Å². The third-order valence-corrected chi connectivity index (χ3v) is 1.73. The van der Waals surface area contributed by atoms with Gasteiger partial charge in [0.1, 0.15) is 0 Å². The summed E-state index contributed by atoms with van der Waals surface area (Å²) >= 11 is 0. The Morgan fingerprint density at radius 2 is 2.00 bits per heavy atom. The fraction of sp³-hybridized carbons (Fsp3) is 0.889. The third-order valence-electron chi connectivity index (χ3n) is 1.73. The van der Waals surface area contributed by atoms with Crippen molar-refractivity contribution < 1.29 is 9.90 Å². The molecule has 0 rings (SSSR count). The van der Waals surface area contributed by atoms with Gasteiger partial charge in [0.25, 0.3) is 0 Å². The molecule has 0 bridgehead atoms. The van der Waals surface area contributed by atoms with E-state index < -0.39 is 0 Å². The summed E-state index contributed by atoms with van der Waals surface area (Å²) in [6.45, 7) is 7.53. The molecule has 1 atom stereocenters. The molecular formula is C9H20N2O2. The normalized spacial score (nSPS) is 13.7. The zero-order valence-corrected chi connectivity index (χ0v) is 9.09. The Bertz CT molecular complexity index is 175. The summed E-state index contributed by atoms with van der Waals surface area (Å²) in [5, 5.41) is 11.6. The Morgan fingerprint density at radius 3 is 2.31 bits per heavy atom. The minimum Gasteiger partial charge on any atom is -0.394 e. The van der Waals surface area contributed by atoms with Gasteiger partial charge in [-0.2, -0.15) is 0 Å². The Balaban J connectivity index is 4.12. The molecule has 2 N–H and O–H groups in total. The first-order valence-corrected chi connectivity index (χ1v) is 4.43. The number of hydrogen-bond donors (Lipinski definition) is 2. The van der Waals surface area contributed by atoms with Crippen LogP contribution in [0, 0.1) is 0 Å². The van der Waals surface area contributed by atoms with E-state index in [1.807, 2.05) is 20.8 Å². The van der Waals surface area contributed by atoms with Gasteiger partial charge in [-0.15, -0.1) is 0 Å². The molecule has 0 aliphatic rings. The first-order valence-electron chi connectivity index (χ1n) is 4.43. The number of aliphatic hydroxyl groups excluding tert-OH is 1. The zero-order valence-electron chi connectivity index (χ0n) is 9.09. The van der Waals surface area contributed by atoms with Crippen molar-refractivity contribution in [3.63, 3.8) is 0 Å². The molecule has 0 aromatic rings. The van der Waals surface area contributed by atoms with Gasteiger partial charge in [0, 0.05) is 12.6 Å². The Labute approximate surface area is 79.9 Å². The van der Waals surface area contributed by atoms with Crippen LogP contribution in [0.25, 0.3) is 0 Å². The lowest BCUT2D eigenvalue weighted by Gasteiger charge is -2.28. The lowest BCUT2D eigenvalue weighted by Crippen LogP contribution is -2.50. The van der Waals surface area contributed by atoms with Crippen LogP contribution in [0.4, 0.5) is 4.79 Å². The van der Waals surface area contributed by atoms with Crippen LogP contribution in [0.1, 0.15) is 27.7 Å². The molecule has 0 aliphatic carbocycles. The first kappa shape index (κ1) is 12.2. The van der Waals surface area contributed by atoms with Crippen molar-refractivity contribution >= 4 is 6.03 Å². The molecule has 4 nitrogen and oxygen atoms in total. The third kappa shape index (κ3) is 4.72. The zero-order chi connectivity index (χ0) is 10.6. The molecule has 0 aromatic heterocycles. The highest BCUT2D eigenvalue weighted by atomic mass is 16.3. The number of nitrogens with one attached hydrogen (secondary N) is 1. The van der Waals surface area contributed by atoms with Crippen molar-refractivity contribution in [3.8, 4) is 0 Å². The largest absolute Gasteiger partial charge is 0.394 e. The average Bonchev–Trinajstić information content (AvgIpc) is 1.98. The maximum absolute atomic E-state index is 11.5. The predicted molar refractivity (Wildman–Crippen MR) is 52.6 cm³/mol. The van der Waals surface area contributed by atoms with Gasteiger partial charge in [-0.25, -0.2) is 4.79 Å². The van der Waals surface area contributed by atoms with Gasteiger partial charge >= 0.3 is 6.03 Å². The smallest absolute Gasteiger partial charge is 0.317 e. The monoisotopic (exact) mass is 188 g/mol. The minimum atomic E-state index is -0.236.